The smallest absolute Gasteiger partial charge is 0.199 e. The van der Waals surface area contributed by atoms with E-state index in [1.165, 1.54) is 6.92 Å². The zero-order chi connectivity index (χ0) is 26.8. The van der Waals surface area contributed by atoms with Gasteiger partial charge < -0.3 is 0 Å². The van der Waals surface area contributed by atoms with Crippen molar-refractivity contribution in [1.29, 1.82) is 0 Å². The quantitative estimate of drug-likeness (QED) is 0.165. The van der Waals surface area contributed by atoms with Crippen LogP contribution in [0.1, 0.15) is 78.1 Å². The minimum atomic E-state index is -7.83. The number of alkyl halides is 13. The molecule has 1 aliphatic rings. The second-order valence-corrected chi connectivity index (χ2v) is 9.01. The number of hydrogen-bond acceptors (Lipinski definition) is 0. The topological polar surface area (TPSA) is 0 Å². The SMILES string of the molecule is CCCCCCCCC1CCC(CC)C1C(F)(F)C(F)(F)C(F)(F)C(F)(F)C(F)(F)C(F)(F)F. The summed E-state index contributed by atoms with van der Waals surface area (Å²) >= 11 is 0. The maximum atomic E-state index is 14.9. The van der Waals surface area contributed by atoms with Crippen LogP contribution in [0.2, 0.25) is 0 Å². The molecule has 0 radical (unpaired) electrons. The van der Waals surface area contributed by atoms with Crippen LogP contribution in [0, 0.1) is 17.8 Å². The molecule has 0 aromatic heterocycles. The molecule has 0 amide bonds. The Balaban J connectivity index is 3.27. The van der Waals surface area contributed by atoms with E-state index in [2.05, 4.69) is 0 Å². The van der Waals surface area contributed by atoms with Crippen LogP contribution in [-0.4, -0.2) is 35.8 Å². The van der Waals surface area contributed by atoms with E-state index in [-0.39, 0.29) is 32.1 Å². The first-order valence-corrected chi connectivity index (χ1v) is 11.2. The van der Waals surface area contributed by atoms with E-state index in [1.807, 2.05) is 6.92 Å². The molecule has 0 bridgehead atoms. The van der Waals surface area contributed by atoms with E-state index in [0.717, 1.165) is 19.3 Å². The Kier molecular flexibility index (Phi) is 9.70. The molecule has 0 aromatic rings. The average Bonchev–Trinajstić information content (AvgIpc) is 3.12. The summed E-state index contributed by atoms with van der Waals surface area (Å²) in [6.07, 6.45) is -3.81. The summed E-state index contributed by atoms with van der Waals surface area (Å²) in [5, 5.41) is 0. The van der Waals surface area contributed by atoms with Gasteiger partial charge in [-0.1, -0.05) is 58.8 Å². The fraction of sp³-hybridized carbons (Fsp3) is 1.00. The van der Waals surface area contributed by atoms with Gasteiger partial charge in [-0.25, -0.2) is 0 Å². The molecule has 1 saturated carbocycles. The van der Waals surface area contributed by atoms with Gasteiger partial charge in [0.25, 0.3) is 0 Å². The second kappa shape index (κ2) is 10.6. The van der Waals surface area contributed by atoms with Gasteiger partial charge in [-0.3, -0.25) is 0 Å². The molecule has 1 rings (SSSR count). The largest absolute Gasteiger partial charge is 0.460 e. The van der Waals surface area contributed by atoms with Crippen LogP contribution in [-0.2, 0) is 0 Å². The Hall–Kier alpha value is -0.910. The van der Waals surface area contributed by atoms with Crippen molar-refractivity contribution in [1.82, 2.24) is 0 Å². The highest BCUT2D eigenvalue weighted by atomic mass is 19.4. The zero-order valence-electron chi connectivity index (χ0n) is 18.7. The summed E-state index contributed by atoms with van der Waals surface area (Å²) in [5.74, 6) is -41.6. The molecule has 3 unspecified atom stereocenters. The second-order valence-electron chi connectivity index (χ2n) is 9.01. The van der Waals surface area contributed by atoms with Gasteiger partial charge in [-0.05, 0) is 31.1 Å². The molecule has 34 heavy (non-hydrogen) atoms. The Bertz CT molecular complexity index is 639. The van der Waals surface area contributed by atoms with Gasteiger partial charge >= 0.3 is 35.8 Å². The van der Waals surface area contributed by atoms with E-state index >= 15 is 0 Å². The first kappa shape index (κ1) is 31.1. The predicted octanol–water partition coefficient (Wildman–Crippen LogP) is 9.53. The standard InChI is InChI=1S/C21H29F13/c1-3-5-6-7-8-9-10-14-12-11-13(4-2)15(14)16(22,23)17(24,25)18(26,27)19(28,29)20(30,31)21(32,33)34/h13-15H,3-12H2,1-2H3. The number of halogens is 13. The molecule has 3 atom stereocenters. The lowest BCUT2D eigenvalue weighted by Gasteiger charge is -2.43. The van der Waals surface area contributed by atoms with Crippen molar-refractivity contribution in [3.05, 3.63) is 0 Å². The first-order valence-electron chi connectivity index (χ1n) is 11.2. The van der Waals surface area contributed by atoms with Crippen LogP contribution in [0.3, 0.4) is 0 Å². The van der Waals surface area contributed by atoms with Crippen molar-refractivity contribution >= 4 is 0 Å². The van der Waals surface area contributed by atoms with E-state index in [9.17, 15) is 57.1 Å². The zero-order valence-corrected chi connectivity index (χ0v) is 18.7. The molecule has 0 aliphatic heterocycles. The van der Waals surface area contributed by atoms with Crippen LogP contribution >= 0.6 is 0 Å². The first-order chi connectivity index (χ1) is 15.3. The van der Waals surface area contributed by atoms with Crippen molar-refractivity contribution in [2.45, 2.75) is 114 Å². The molecule has 13 heteroatoms. The van der Waals surface area contributed by atoms with Gasteiger partial charge in [0.15, 0.2) is 0 Å². The van der Waals surface area contributed by atoms with Gasteiger partial charge in [-0.2, -0.15) is 57.1 Å². The minimum Gasteiger partial charge on any atom is -0.199 e. The summed E-state index contributed by atoms with van der Waals surface area (Å²) < 4.78 is 177. The van der Waals surface area contributed by atoms with Crippen LogP contribution in [0.25, 0.3) is 0 Å². The Morgan fingerprint density at radius 3 is 1.44 bits per heavy atom. The van der Waals surface area contributed by atoms with E-state index in [1.54, 1.807) is 0 Å². The molecule has 1 fully saturated rings. The molecular formula is C21H29F13. The highest BCUT2D eigenvalue weighted by Gasteiger charge is 2.91. The summed E-state index contributed by atoms with van der Waals surface area (Å²) in [5.41, 5.74) is 0. The van der Waals surface area contributed by atoms with Crippen LogP contribution in [0.5, 0.6) is 0 Å². The van der Waals surface area contributed by atoms with Gasteiger partial charge in [0.2, 0.25) is 0 Å². The van der Waals surface area contributed by atoms with Crippen LogP contribution in [0.15, 0.2) is 0 Å². The molecular weight excluding hydrogens is 499 g/mol. The van der Waals surface area contributed by atoms with Crippen LogP contribution in [0.4, 0.5) is 57.1 Å². The number of rotatable bonds is 13. The molecule has 0 heterocycles. The molecule has 0 N–H and O–H groups in total. The van der Waals surface area contributed by atoms with Gasteiger partial charge in [0, 0.05) is 5.92 Å². The molecule has 1 aliphatic carbocycles. The molecule has 0 aromatic carbocycles. The lowest BCUT2D eigenvalue weighted by Crippen LogP contribution is -2.71. The molecule has 204 valence electrons. The number of unbranched alkanes of at least 4 members (excludes halogenated alkanes) is 5. The lowest BCUT2D eigenvalue weighted by molar-refractivity contribution is -0.444. The summed E-state index contributed by atoms with van der Waals surface area (Å²) in [6.45, 7) is 3.23. The van der Waals surface area contributed by atoms with Crippen molar-refractivity contribution in [2.75, 3.05) is 0 Å². The maximum absolute atomic E-state index is 14.9. The van der Waals surface area contributed by atoms with Crippen LogP contribution < -0.4 is 0 Å². The Morgan fingerprint density at radius 2 is 0.971 bits per heavy atom. The van der Waals surface area contributed by atoms with Gasteiger partial charge in [-0.15, -0.1) is 0 Å². The Labute approximate surface area is 189 Å². The van der Waals surface area contributed by atoms with Crippen molar-refractivity contribution in [3.63, 3.8) is 0 Å². The number of hydrogen-bond donors (Lipinski definition) is 0. The van der Waals surface area contributed by atoms with Crippen molar-refractivity contribution in [3.8, 4) is 0 Å². The highest BCUT2D eigenvalue weighted by Crippen LogP contribution is 2.64. The monoisotopic (exact) mass is 528 g/mol. The highest BCUT2D eigenvalue weighted by molar-refractivity contribution is 5.13. The average molecular weight is 528 g/mol. The van der Waals surface area contributed by atoms with Crippen molar-refractivity contribution in [2.24, 2.45) is 17.8 Å². The van der Waals surface area contributed by atoms with E-state index in [0.29, 0.717) is 12.8 Å². The molecule has 0 spiro atoms. The summed E-state index contributed by atoms with van der Waals surface area (Å²) in [4.78, 5) is 0. The fourth-order valence-electron chi connectivity index (χ4n) is 4.72. The minimum absolute atomic E-state index is 0.107. The predicted molar refractivity (Wildman–Crippen MR) is 98.8 cm³/mol. The maximum Gasteiger partial charge on any atom is 0.460 e. The van der Waals surface area contributed by atoms with Gasteiger partial charge in [0.05, 0.1) is 0 Å². The molecule has 0 nitrogen and oxygen atoms in total. The third-order valence-corrected chi connectivity index (χ3v) is 6.75. The van der Waals surface area contributed by atoms with Gasteiger partial charge in [0.1, 0.15) is 0 Å². The normalized spacial score (nSPS) is 23.6. The lowest BCUT2D eigenvalue weighted by atomic mass is 9.76. The summed E-state index contributed by atoms with van der Waals surface area (Å²) in [6, 6.07) is 0. The van der Waals surface area contributed by atoms with Crippen molar-refractivity contribution < 1.29 is 57.1 Å². The van der Waals surface area contributed by atoms with E-state index in [4.69, 9.17) is 0 Å². The third-order valence-electron chi connectivity index (χ3n) is 6.75. The summed E-state index contributed by atoms with van der Waals surface area (Å²) in [7, 11) is 0. The Morgan fingerprint density at radius 1 is 0.529 bits per heavy atom. The van der Waals surface area contributed by atoms with E-state index < -0.39 is 53.5 Å². The molecule has 0 saturated heterocycles. The third kappa shape index (κ3) is 5.27. The fourth-order valence-corrected chi connectivity index (χ4v) is 4.72.